The van der Waals surface area contributed by atoms with Crippen LogP contribution in [0.2, 0.25) is 0 Å². The average Bonchev–Trinajstić information content (AvgIpc) is 3.28. The molecule has 32 heavy (non-hydrogen) atoms. The van der Waals surface area contributed by atoms with E-state index in [2.05, 4.69) is 10.1 Å². The van der Waals surface area contributed by atoms with Crippen molar-refractivity contribution < 1.29 is 33.4 Å². The van der Waals surface area contributed by atoms with Crippen molar-refractivity contribution in [3.8, 4) is 0 Å². The monoisotopic (exact) mass is 446 g/mol. The van der Waals surface area contributed by atoms with Gasteiger partial charge in [-0.2, -0.15) is 5.10 Å². The van der Waals surface area contributed by atoms with Crippen molar-refractivity contribution in [3.63, 3.8) is 0 Å². The fraction of sp³-hybridized carbons (Fsp3) is 0.524. The zero-order chi connectivity index (χ0) is 23.7. The van der Waals surface area contributed by atoms with Gasteiger partial charge in [-0.25, -0.2) is 24.0 Å². The molecule has 1 fully saturated rings. The zero-order valence-electron chi connectivity index (χ0n) is 18.7. The number of aromatic nitrogens is 3. The Morgan fingerprint density at radius 2 is 1.97 bits per heavy atom. The van der Waals surface area contributed by atoms with E-state index in [4.69, 9.17) is 14.2 Å². The maximum atomic E-state index is 13.2. The number of nitrogens with zero attached hydrogens (tertiary/aromatic N) is 4. The van der Waals surface area contributed by atoms with Gasteiger partial charge < -0.3 is 14.2 Å². The molecular formula is C21H26N4O7. The van der Waals surface area contributed by atoms with Crippen LogP contribution >= 0.6 is 0 Å². The van der Waals surface area contributed by atoms with E-state index < -0.39 is 35.0 Å². The molecule has 1 saturated heterocycles. The Morgan fingerprint density at radius 3 is 2.59 bits per heavy atom. The molecule has 11 heteroatoms. The summed E-state index contributed by atoms with van der Waals surface area (Å²) in [5.41, 5.74) is -1.69. The van der Waals surface area contributed by atoms with Crippen LogP contribution in [0.1, 0.15) is 50.2 Å². The largest absolute Gasteiger partial charge is 0.468 e. The number of hydrogen-bond donors (Lipinski definition) is 0. The summed E-state index contributed by atoms with van der Waals surface area (Å²) in [6.07, 6.45) is 2.01. The van der Waals surface area contributed by atoms with E-state index in [9.17, 15) is 19.2 Å². The second-order valence-electron chi connectivity index (χ2n) is 8.40. The number of carbonyl (C=O) groups excluding carboxylic acids is 4. The number of imide groups is 1. The minimum absolute atomic E-state index is 0.00580. The number of rotatable bonds is 5. The van der Waals surface area contributed by atoms with Gasteiger partial charge in [0, 0.05) is 24.9 Å². The van der Waals surface area contributed by atoms with Gasteiger partial charge in [0.25, 0.3) is 0 Å². The molecule has 11 nitrogen and oxygen atoms in total. The van der Waals surface area contributed by atoms with Crippen LogP contribution in [-0.2, 0) is 30.2 Å². The number of hydrogen-bond acceptors (Lipinski definition) is 9. The standard InChI is InChI=1S/C21H26N4O7/c1-6-31-16(26)14-12-22-25-9-7-13(23-15(14)25)11-21(18(28)30-5)8-10-24(17(21)27)19(29)32-20(2,3)4/h7,9,12H,6,8,10-11H2,1-5H3. The van der Waals surface area contributed by atoms with Crippen LogP contribution in [0.25, 0.3) is 5.65 Å². The lowest BCUT2D eigenvalue weighted by Crippen LogP contribution is -2.46. The third kappa shape index (κ3) is 4.27. The van der Waals surface area contributed by atoms with Crippen LogP contribution < -0.4 is 0 Å². The molecule has 0 N–H and O–H groups in total. The SMILES string of the molecule is CCOC(=O)c1cnn2ccc(CC3(C(=O)OC)CCN(C(=O)OC(C)(C)C)C3=O)nc12. The molecule has 1 aliphatic heterocycles. The lowest BCUT2D eigenvalue weighted by atomic mass is 9.81. The Morgan fingerprint density at radius 1 is 1.25 bits per heavy atom. The molecule has 0 bridgehead atoms. The molecule has 1 unspecified atom stereocenters. The van der Waals surface area contributed by atoms with Gasteiger partial charge in [-0.05, 0) is 40.2 Å². The predicted molar refractivity (Wildman–Crippen MR) is 110 cm³/mol. The van der Waals surface area contributed by atoms with Crippen molar-refractivity contribution in [2.45, 2.75) is 46.1 Å². The summed E-state index contributed by atoms with van der Waals surface area (Å²) >= 11 is 0. The van der Waals surface area contributed by atoms with E-state index >= 15 is 0 Å². The molecule has 2 amide bonds. The molecule has 0 spiro atoms. The van der Waals surface area contributed by atoms with Gasteiger partial charge in [0.15, 0.2) is 11.1 Å². The summed E-state index contributed by atoms with van der Waals surface area (Å²) in [6.45, 7) is 6.94. The fourth-order valence-electron chi connectivity index (χ4n) is 3.55. The number of esters is 2. The normalized spacial score (nSPS) is 18.7. The molecule has 1 atom stereocenters. The molecule has 2 aromatic heterocycles. The van der Waals surface area contributed by atoms with Gasteiger partial charge in [-0.15, -0.1) is 0 Å². The van der Waals surface area contributed by atoms with E-state index in [1.165, 1.54) is 17.8 Å². The summed E-state index contributed by atoms with van der Waals surface area (Å²) in [7, 11) is 1.18. The average molecular weight is 446 g/mol. The molecule has 3 rings (SSSR count). The Hall–Kier alpha value is -3.50. The van der Waals surface area contributed by atoms with Crippen molar-refractivity contribution in [1.29, 1.82) is 0 Å². The van der Waals surface area contributed by atoms with E-state index in [-0.39, 0.29) is 37.2 Å². The van der Waals surface area contributed by atoms with Crippen molar-refractivity contribution >= 4 is 29.6 Å². The molecule has 2 aromatic rings. The second-order valence-corrected chi connectivity index (χ2v) is 8.40. The molecule has 0 aliphatic carbocycles. The maximum absolute atomic E-state index is 13.2. The highest BCUT2D eigenvalue weighted by molar-refractivity contribution is 6.09. The summed E-state index contributed by atoms with van der Waals surface area (Å²) in [5, 5.41) is 4.07. The quantitative estimate of drug-likeness (QED) is 0.383. The first-order valence-corrected chi connectivity index (χ1v) is 10.2. The molecule has 0 saturated carbocycles. The van der Waals surface area contributed by atoms with Gasteiger partial charge in [0.1, 0.15) is 11.2 Å². The Bertz CT molecular complexity index is 1070. The fourth-order valence-corrected chi connectivity index (χ4v) is 3.55. The third-order valence-corrected chi connectivity index (χ3v) is 5.01. The number of ether oxygens (including phenoxy) is 3. The summed E-state index contributed by atoms with van der Waals surface area (Å²) in [4.78, 5) is 56.0. The van der Waals surface area contributed by atoms with Gasteiger partial charge >= 0.3 is 18.0 Å². The predicted octanol–water partition coefficient (Wildman–Crippen LogP) is 1.78. The highest BCUT2D eigenvalue weighted by Crippen LogP contribution is 2.37. The molecule has 0 radical (unpaired) electrons. The highest BCUT2D eigenvalue weighted by Gasteiger charge is 2.56. The van der Waals surface area contributed by atoms with Crippen LogP contribution in [-0.4, -0.2) is 69.3 Å². The number of methoxy groups -OCH3 is 1. The lowest BCUT2D eigenvalue weighted by molar-refractivity contribution is -0.158. The second kappa shape index (κ2) is 8.56. The molecule has 172 valence electrons. The smallest absolute Gasteiger partial charge is 0.417 e. The minimum atomic E-state index is -1.64. The van der Waals surface area contributed by atoms with Crippen LogP contribution in [0, 0.1) is 5.41 Å². The van der Waals surface area contributed by atoms with Crippen molar-refractivity contribution in [1.82, 2.24) is 19.5 Å². The topological polar surface area (TPSA) is 129 Å². The number of likely N-dealkylation sites (tertiary alicyclic amines) is 1. The van der Waals surface area contributed by atoms with Crippen molar-refractivity contribution in [2.24, 2.45) is 5.41 Å². The third-order valence-electron chi connectivity index (χ3n) is 5.01. The lowest BCUT2D eigenvalue weighted by Gasteiger charge is -2.26. The number of amides is 2. The zero-order valence-corrected chi connectivity index (χ0v) is 18.7. The van der Waals surface area contributed by atoms with Gasteiger partial charge in [-0.3, -0.25) is 9.59 Å². The highest BCUT2D eigenvalue weighted by atomic mass is 16.6. The van der Waals surface area contributed by atoms with Crippen LogP contribution in [0.4, 0.5) is 4.79 Å². The Balaban J connectivity index is 1.94. The molecule has 0 aromatic carbocycles. The molecule has 3 heterocycles. The molecular weight excluding hydrogens is 420 g/mol. The van der Waals surface area contributed by atoms with Crippen molar-refractivity contribution in [2.75, 3.05) is 20.3 Å². The Labute approximate surface area is 184 Å². The maximum Gasteiger partial charge on any atom is 0.417 e. The van der Waals surface area contributed by atoms with Gasteiger partial charge in [0.05, 0.1) is 19.9 Å². The van der Waals surface area contributed by atoms with Crippen LogP contribution in [0.15, 0.2) is 18.5 Å². The molecule has 1 aliphatic rings. The first kappa shape index (κ1) is 23.2. The van der Waals surface area contributed by atoms with Crippen LogP contribution in [0.5, 0.6) is 0 Å². The van der Waals surface area contributed by atoms with E-state index in [0.717, 1.165) is 4.90 Å². The van der Waals surface area contributed by atoms with Crippen LogP contribution in [0.3, 0.4) is 0 Å². The first-order valence-electron chi connectivity index (χ1n) is 10.2. The van der Waals surface area contributed by atoms with Gasteiger partial charge in [0.2, 0.25) is 5.91 Å². The van der Waals surface area contributed by atoms with E-state index in [1.807, 2.05) is 0 Å². The van der Waals surface area contributed by atoms with Gasteiger partial charge in [-0.1, -0.05) is 0 Å². The number of fused-ring (bicyclic) bond motifs is 1. The number of carbonyl (C=O) groups is 4. The van der Waals surface area contributed by atoms with E-state index in [1.54, 1.807) is 40.0 Å². The van der Waals surface area contributed by atoms with Crippen molar-refractivity contribution in [3.05, 3.63) is 29.7 Å². The minimum Gasteiger partial charge on any atom is -0.468 e. The summed E-state index contributed by atoms with van der Waals surface area (Å²) < 4.78 is 16.6. The first-order chi connectivity index (χ1) is 15.0. The summed E-state index contributed by atoms with van der Waals surface area (Å²) in [6, 6.07) is 1.59. The van der Waals surface area contributed by atoms with E-state index in [0.29, 0.717) is 5.69 Å². The summed E-state index contributed by atoms with van der Waals surface area (Å²) in [5.74, 6) is -2.06. The Kier molecular flexibility index (Phi) is 6.20.